The molecule has 0 fully saturated rings. The molecule has 19 heavy (non-hydrogen) atoms. The molecule has 2 aromatic heterocycles. The number of carbonyl (C=O) groups excluding carboxylic acids is 1. The van der Waals surface area contributed by atoms with Gasteiger partial charge in [-0.15, -0.1) is 0 Å². The molecule has 94 valence electrons. The standard InChI is InChI=1S/C13H8N2O4/c16-13(10-2-1-5-14-10)12-7-8-6-9(15(17)18)3-4-11(8)19-12/h1-7,14H. The number of nitro benzene ring substituents is 1. The first kappa shape index (κ1) is 11.2. The highest BCUT2D eigenvalue weighted by Crippen LogP contribution is 2.25. The predicted molar refractivity (Wildman–Crippen MR) is 67.1 cm³/mol. The minimum absolute atomic E-state index is 0.0350. The van der Waals surface area contributed by atoms with Crippen molar-refractivity contribution in [3.63, 3.8) is 0 Å². The van der Waals surface area contributed by atoms with E-state index in [1.54, 1.807) is 18.3 Å². The second-order valence-corrected chi connectivity index (χ2v) is 4.00. The Labute approximate surface area is 106 Å². The Hall–Kier alpha value is -2.89. The minimum Gasteiger partial charge on any atom is -0.453 e. The molecular formula is C13H8N2O4. The largest absolute Gasteiger partial charge is 0.453 e. The van der Waals surface area contributed by atoms with Crippen molar-refractivity contribution in [2.75, 3.05) is 0 Å². The second-order valence-electron chi connectivity index (χ2n) is 4.00. The molecule has 3 rings (SSSR count). The van der Waals surface area contributed by atoms with Crippen LogP contribution < -0.4 is 0 Å². The van der Waals surface area contributed by atoms with E-state index >= 15 is 0 Å². The summed E-state index contributed by atoms with van der Waals surface area (Å²) >= 11 is 0. The van der Waals surface area contributed by atoms with Crippen LogP contribution in [-0.4, -0.2) is 15.7 Å². The molecule has 3 aromatic rings. The van der Waals surface area contributed by atoms with Crippen LogP contribution >= 0.6 is 0 Å². The van der Waals surface area contributed by atoms with E-state index in [2.05, 4.69) is 4.98 Å². The third kappa shape index (κ3) is 1.89. The van der Waals surface area contributed by atoms with Crippen LogP contribution in [0, 0.1) is 10.1 Å². The fourth-order valence-electron chi connectivity index (χ4n) is 1.86. The number of nitro groups is 1. The molecule has 0 saturated carbocycles. The topological polar surface area (TPSA) is 89.1 Å². The molecule has 0 saturated heterocycles. The van der Waals surface area contributed by atoms with E-state index < -0.39 is 4.92 Å². The molecule has 0 aliphatic heterocycles. The number of H-pyrrole nitrogens is 1. The molecule has 0 aliphatic rings. The van der Waals surface area contributed by atoms with Crippen molar-refractivity contribution < 1.29 is 14.1 Å². The first-order chi connectivity index (χ1) is 9.15. The number of nitrogens with zero attached hydrogens (tertiary/aromatic N) is 1. The molecule has 0 amide bonds. The van der Waals surface area contributed by atoms with Crippen molar-refractivity contribution >= 4 is 22.4 Å². The zero-order valence-electron chi connectivity index (χ0n) is 9.62. The fourth-order valence-corrected chi connectivity index (χ4v) is 1.86. The number of benzene rings is 1. The highest BCUT2D eigenvalue weighted by atomic mass is 16.6. The fraction of sp³-hybridized carbons (Fsp3) is 0. The van der Waals surface area contributed by atoms with Crippen molar-refractivity contribution in [2.45, 2.75) is 0 Å². The normalized spacial score (nSPS) is 10.7. The first-order valence-corrected chi connectivity index (χ1v) is 5.51. The van der Waals surface area contributed by atoms with Crippen LogP contribution in [0.25, 0.3) is 11.0 Å². The monoisotopic (exact) mass is 256 g/mol. The van der Waals surface area contributed by atoms with Gasteiger partial charge in [0, 0.05) is 23.7 Å². The number of non-ortho nitro benzene ring substituents is 1. The summed E-state index contributed by atoms with van der Waals surface area (Å²) in [6.45, 7) is 0. The average molecular weight is 256 g/mol. The summed E-state index contributed by atoms with van der Waals surface area (Å²) in [5, 5.41) is 11.2. The van der Waals surface area contributed by atoms with Gasteiger partial charge < -0.3 is 9.40 Å². The van der Waals surface area contributed by atoms with Gasteiger partial charge in [0.25, 0.3) is 5.69 Å². The Morgan fingerprint density at radius 2 is 2.11 bits per heavy atom. The number of furan rings is 1. The summed E-state index contributed by atoms with van der Waals surface area (Å²) in [6.07, 6.45) is 1.64. The summed E-state index contributed by atoms with van der Waals surface area (Å²) in [5.74, 6) is -0.137. The number of aromatic amines is 1. The number of nitrogens with one attached hydrogen (secondary N) is 1. The van der Waals surface area contributed by atoms with Crippen molar-refractivity contribution in [3.8, 4) is 0 Å². The van der Waals surface area contributed by atoms with Gasteiger partial charge in [0.1, 0.15) is 5.58 Å². The van der Waals surface area contributed by atoms with Gasteiger partial charge in [-0.1, -0.05) is 0 Å². The Kier molecular flexibility index (Phi) is 2.42. The van der Waals surface area contributed by atoms with Crippen molar-refractivity contribution in [3.05, 3.63) is 64.2 Å². The second kappa shape index (κ2) is 4.09. The zero-order valence-corrected chi connectivity index (χ0v) is 9.62. The number of aromatic nitrogens is 1. The maximum atomic E-state index is 12.0. The molecule has 6 heteroatoms. The van der Waals surface area contributed by atoms with E-state index in [1.807, 2.05) is 0 Å². The Morgan fingerprint density at radius 1 is 1.26 bits per heavy atom. The van der Waals surface area contributed by atoms with Gasteiger partial charge in [-0.3, -0.25) is 14.9 Å². The molecule has 0 spiro atoms. The average Bonchev–Trinajstić information content (AvgIpc) is 3.06. The van der Waals surface area contributed by atoms with Gasteiger partial charge in [0.15, 0.2) is 5.76 Å². The summed E-state index contributed by atoms with van der Waals surface area (Å²) in [6, 6.07) is 9.06. The van der Waals surface area contributed by atoms with E-state index in [1.165, 1.54) is 24.3 Å². The van der Waals surface area contributed by atoms with E-state index in [0.717, 1.165) is 0 Å². The van der Waals surface area contributed by atoms with Crippen LogP contribution in [0.3, 0.4) is 0 Å². The van der Waals surface area contributed by atoms with Gasteiger partial charge in [-0.25, -0.2) is 0 Å². The molecule has 1 N–H and O–H groups in total. The molecular weight excluding hydrogens is 248 g/mol. The summed E-state index contributed by atoms with van der Waals surface area (Å²) in [4.78, 5) is 25.0. The number of fused-ring (bicyclic) bond motifs is 1. The lowest BCUT2D eigenvalue weighted by Gasteiger charge is -1.91. The zero-order chi connectivity index (χ0) is 13.4. The van der Waals surface area contributed by atoms with Crippen molar-refractivity contribution in [1.29, 1.82) is 0 Å². The molecule has 0 radical (unpaired) electrons. The first-order valence-electron chi connectivity index (χ1n) is 5.51. The smallest absolute Gasteiger partial charge is 0.270 e. The van der Waals surface area contributed by atoms with Crippen molar-refractivity contribution in [2.24, 2.45) is 0 Å². The van der Waals surface area contributed by atoms with E-state index in [0.29, 0.717) is 16.7 Å². The van der Waals surface area contributed by atoms with Gasteiger partial charge in [0.05, 0.1) is 10.6 Å². The number of carbonyl (C=O) groups is 1. The van der Waals surface area contributed by atoms with Crippen LogP contribution in [0.5, 0.6) is 0 Å². The van der Waals surface area contributed by atoms with E-state index in [-0.39, 0.29) is 17.2 Å². The van der Waals surface area contributed by atoms with Gasteiger partial charge >= 0.3 is 0 Å². The SMILES string of the molecule is O=C(c1ccc[nH]1)c1cc2cc([N+](=O)[O-])ccc2o1. The van der Waals surface area contributed by atoms with Gasteiger partial charge in [0.2, 0.25) is 5.78 Å². The van der Waals surface area contributed by atoms with Crippen LogP contribution in [0.15, 0.2) is 47.0 Å². The molecule has 0 atom stereocenters. The highest BCUT2D eigenvalue weighted by Gasteiger charge is 2.16. The van der Waals surface area contributed by atoms with Crippen LogP contribution in [0.4, 0.5) is 5.69 Å². The lowest BCUT2D eigenvalue weighted by Crippen LogP contribution is -1.98. The molecule has 6 nitrogen and oxygen atoms in total. The lowest BCUT2D eigenvalue weighted by molar-refractivity contribution is -0.384. The number of hydrogen-bond acceptors (Lipinski definition) is 4. The molecule has 1 aromatic carbocycles. The van der Waals surface area contributed by atoms with Crippen LogP contribution in [0.1, 0.15) is 16.2 Å². The summed E-state index contributed by atoms with van der Waals surface area (Å²) < 4.78 is 5.40. The maximum Gasteiger partial charge on any atom is 0.270 e. The molecule has 0 aliphatic carbocycles. The summed E-state index contributed by atoms with van der Waals surface area (Å²) in [7, 11) is 0. The number of hydrogen-bond donors (Lipinski definition) is 1. The third-order valence-electron chi connectivity index (χ3n) is 2.78. The highest BCUT2D eigenvalue weighted by molar-refractivity contribution is 6.07. The minimum atomic E-state index is -0.487. The third-order valence-corrected chi connectivity index (χ3v) is 2.78. The Bertz CT molecular complexity index is 771. The van der Waals surface area contributed by atoms with Crippen molar-refractivity contribution in [1.82, 2.24) is 4.98 Å². The van der Waals surface area contributed by atoms with Gasteiger partial charge in [-0.05, 0) is 24.3 Å². The number of ketones is 1. The predicted octanol–water partition coefficient (Wildman–Crippen LogP) is 2.90. The molecule has 0 bridgehead atoms. The summed E-state index contributed by atoms with van der Waals surface area (Å²) in [5.41, 5.74) is 0.821. The van der Waals surface area contributed by atoms with Crippen LogP contribution in [-0.2, 0) is 0 Å². The quantitative estimate of drug-likeness (QED) is 0.443. The lowest BCUT2D eigenvalue weighted by atomic mass is 10.2. The Balaban J connectivity index is 2.07. The molecule has 2 heterocycles. The number of rotatable bonds is 3. The van der Waals surface area contributed by atoms with Gasteiger partial charge in [-0.2, -0.15) is 0 Å². The molecule has 0 unspecified atom stereocenters. The van der Waals surface area contributed by atoms with E-state index in [4.69, 9.17) is 4.42 Å². The maximum absolute atomic E-state index is 12.0. The van der Waals surface area contributed by atoms with E-state index in [9.17, 15) is 14.9 Å². The Morgan fingerprint density at radius 3 is 2.79 bits per heavy atom. The van der Waals surface area contributed by atoms with Crippen LogP contribution in [0.2, 0.25) is 0 Å².